The number of halogens is 1. The number of carbonyl (C=O) groups is 1. The first-order valence-electron chi connectivity index (χ1n) is 8.10. The van der Waals surface area contributed by atoms with Crippen molar-refractivity contribution in [3.63, 3.8) is 0 Å². The van der Waals surface area contributed by atoms with Crippen molar-refractivity contribution in [1.29, 1.82) is 0 Å². The Morgan fingerprint density at radius 2 is 2.19 bits per heavy atom. The van der Waals surface area contributed by atoms with Crippen molar-refractivity contribution in [1.82, 2.24) is 19.9 Å². The highest BCUT2D eigenvalue weighted by Gasteiger charge is 2.19. The number of rotatable bonds is 7. The third-order valence-corrected chi connectivity index (χ3v) is 4.62. The molecule has 10 heteroatoms. The minimum atomic E-state index is -0.513. The monoisotopic (exact) mass is 391 g/mol. The standard InChI is InChI=1S/C17H18FN5O3S/c1-10-8-14(22-26-10)19-15(24)9-27-17-21-20-16(23(17)3)11(2)25-13-7-5-4-6-12(13)18/h4-8,11H,9H2,1-3H3,(H,19,22,24). The van der Waals surface area contributed by atoms with Gasteiger partial charge in [-0.2, -0.15) is 0 Å². The molecule has 1 N–H and O–H groups in total. The number of nitrogens with one attached hydrogen (secondary N) is 1. The maximum Gasteiger partial charge on any atom is 0.236 e. The molecule has 0 fully saturated rings. The zero-order chi connectivity index (χ0) is 19.4. The van der Waals surface area contributed by atoms with E-state index in [1.54, 1.807) is 49.7 Å². The van der Waals surface area contributed by atoms with Gasteiger partial charge in [0.2, 0.25) is 5.91 Å². The third-order valence-electron chi connectivity index (χ3n) is 3.60. The maximum absolute atomic E-state index is 13.7. The van der Waals surface area contributed by atoms with E-state index in [4.69, 9.17) is 9.26 Å². The Labute approximate surface area is 159 Å². The summed E-state index contributed by atoms with van der Waals surface area (Å²) in [6.45, 7) is 3.49. The molecule has 0 aliphatic carbocycles. The van der Waals surface area contributed by atoms with Crippen molar-refractivity contribution in [2.75, 3.05) is 11.1 Å². The van der Waals surface area contributed by atoms with Gasteiger partial charge >= 0.3 is 0 Å². The fourth-order valence-corrected chi connectivity index (χ4v) is 3.04. The molecule has 0 saturated heterocycles. The lowest BCUT2D eigenvalue weighted by Crippen LogP contribution is -2.15. The van der Waals surface area contributed by atoms with Crippen molar-refractivity contribution < 1.29 is 18.4 Å². The summed E-state index contributed by atoms with van der Waals surface area (Å²) in [6.07, 6.45) is -0.513. The Morgan fingerprint density at radius 1 is 1.41 bits per heavy atom. The van der Waals surface area contributed by atoms with Gasteiger partial charge < -0.3 is 19.1 Å². The fourth-order valence-electron chi connectivity index (χ4n) is 2.32. The summed E-state index contributed by atoms with van der Waals surface area (Å²) >= 11 is 1.22. The van der Waals surface area contributed by atoms with Gasteiger partial charge in [0.1, 0.15) is 5.76 Å². The van der Waals surface area contributed by atoms with Crippen LogP contribution in [0.3, 0.4) is 0 Å². The molecule has 1 unspecified atom stereocenters. The summed E-state index contributed by atoms with van der Waals surface area (Å²) in [5, 5.41) is 15.0. The van der Waals surface area contributed by atoms with E-state index in [-0.39, 0.29) is 17.4 Å². The van der Waals surface area contributed by atoms with Crippen LogP contribution >= 0.6 is 11.8 Å². The van der Waals surface area contributed by atoms with Crippen molar-refractivity contribution in [3.8, 4) is 5.75 Å². The summed E-state index contributed by atoms with van der Waals surface area (Å²) in [6, 6.07) is 7.79. The summed E-state index contributed by atoms with van der Waals surface area (Å²) in [7, 11) is 1.76. The second-order valence-corrected chi connectivity index (χ2v) is 6.69. The van der Waals surface area contributed by atoms with E-state index >= 15 is 0 Å². The van der Waals surface area contributed by atoms with Gasteiger partial charge in [0.25, 0.3) is 0 Å². The average molecular weight is 391 g/mol. The molecule has 3 aromatic rings. The van der Waals surface area contributed by atoms with Crippen LogP contribution in [0.4, 0.5) is 10.2 Å². The topological polar surface area (TPSA) is 95.1 Å². The first kappa shape index (κ1) is 18.9. The summed E-state index contributed by atoms with van der Waals surface area (Å²) < 4.78 is 26.0. The molecule has 8 nitrogen and oxygen atoms in total. The van der Waals surface area contributed by atoms with Gasteiger partial charge in [0.15, 0.2) is 34.5 Å². The second-order valence-electron chi connectivity index (χ2n) is 5.75. The lowest BCUT2D eigenvalue weighted by atomic mass is 10.3. The number of thioether (sulfide) groups is 1. The summed E-state index contributed by atoms with van der Waals surface area (Å²) in [4.78, 5) is 12.0. The van der Waals surface area contributed by atoms with Gasteiger partial charge in [0, 0.05) is 13.1 Å². The first-order valence-corrected chi connectivity index (χ1v) is 9.09. The van der Waals surface area contributed by atoms with Crippen molar-refractivity contribution in [2.24, 2.45) is 7.05 Å². The SMILES string of the molecule is Cc1cc(NC(=O)CSc2nnc(C(C)Oc3ccccc3F)n2C)no1. The van der Waals surface area contributed by atoms with Crippen LogP contribution in [0.15, 0.2) is 40.0 Å². The Kier molecular flexibility index (Phi) is 5.75. The molecule has 2 heterocycles. The van der Waals surface area contributed by atoms with E-state index in [9.17, 15) is 9.18 Å². The fraction of sp³-hybridized carbons (Fsp3) is 0.294. The number of aromatic nitrogens is 4. The van der Waals surface area contributed by atoms with Crippen LogP contribution in [0.2, 0.25) is 0 Å². The lowest BCUT2D eigenvalue weighted by molar-refractivity contribution is -0.113. The largest absolute Gasteiger partial charge is 0.480 e. The number of anilines is 1. The molecule has 3 rings (SSSR count). The first-order chi connectivity index (χ1) is 12.9. The molecule has 1 aromatic carbocycles. The molecule has 1 atom stereocenters. The van der Waals surface area contributed by atoms with E-state index in [2.05, 4.69) is 20.7 Å². The number of para-hydroxylation sites is 1. The number of nitrogens with zero attached hydrogens (tertiary/aromatic N) is 4. The van der Waals surface area contributed by atoms with E-state index in [0.29, 0.717) is 22.6 Å². The molecule has 0 aliphatic rings. The third kappa shape index (κ3) is 4.64. The van der Waals surface area contributed by atoms with E-state index in [1.807, 2.05) is 0 Å². The van der Waals surface area contributed by atoms with Crippen LogP contribution in [0.25, 0.3) is 0 Å². The molecule has 1 amide bonds. The molecule has 0 saturated carbocycles. The number of carbonyl (C=O) groups excluding carboxylic acids is 1. The normalized spacial score (nSPS) is 12.0. The number of hydrogen-bond acceptors (Lipinski definition) is 7. The van der Waals surface area contributed by atoms with Gasteiger partial charge in [-0.15, -0.1) is 10.2 Å². The molecule has 0 spiro atoms. The zero-order valence-corrected chi connectivity index (χ0v) is 15.8. The van der Waals surface area contributed by atoms with Crippen LogP contribution < -0.4 is 10.1 Å². The lowest BCUT2D eigenvalue weighted by Gasteiger charge is -2.14. The highest BCUT2D eigenvalue weighted by atomic mass is 32.2. The van der Waals surface area contributed by atoms with Crippen LogP contribution in [-0.2, 0) is 11.8 Å². The Hall–Kier alpha value is -2.88. The molecule has 142 valence electrons. The van der Waals surface area contributed by atoms with E-state index in [1.165, 1.54) is 17.8 Å². The van der Waals surface area contributed by atoms with Gasteiger partial charge in [-0.25, -0.2) is 4.39 Å². The van der Waals surface area contributed by atoms with Crippen molar-refractivity contribution in [2.45, 2.75) is 25.1 Å². The minimum absolute atomic E-state index is 0.125. The molecule has 0 bridgehead atoms. The minimum Gasteiger partial charge on any atom is -0.480 e. The van der Waals surface area contributed by atoms with Gasteiger partial charge in [0.05, 0.1) is 5.75 Å². The Bertz CT molecular complexity index is 942. The summed E-state index contributed by atoms with van der Waals surface area (Å²) in [5.74, 6) is 1.08. The van der Waals surface area contributed by atoms with Crippen LogP contribution in [0.1, 0.15) is 24.6 Å². The second kappa shape index (κ2) is 8.21. The molecule has 0 radical (unpaired) electrons. The quantitative estimate of drug-likeness (QED) is 0.618. The smallest absolute Gasteiger partial charge is 0.236 e. The highest BCUT2D eigenvalue weighted by Crippen LogP contribution is 2.25. The zero-order valence-electron chi connectivity index (χ0n) is 15.0. The number of aryl methyl sites for hydroxylation is 1. The van der Waals surface area contributed by atoms with Crippen molar-refractivity contribution in [3.05, 3.63) is 47.7 Å². The number of hydrogen-bond donors (Lipinski definition) is 1. The molecule has 0 aliphatic heterocycles. The van der Waals surface area contributed by atoms with Crippen LogP contribution in [-0.4, -0.2) is 31.6 Å². The summed E-state index contributed by atoms with van der Waals surface area (Å²) in [5.41, 5.74) is 0. The molecular weight excluding hydrogens is 373 g/mol. The molecule has 27 heavy (non-hydrogen) atoms. The van der Waals surface area contributed by atoms with E-state index < -0.39 is 11.9 Å². The maximum atomic E-state index is 13.7. The van der Waals surface area contributed by atoms with Gasteiger partial charge in [-0.3, -0.25) is 4.79 Å². The van der Waals surface area contributed by atoms with Crippen LogP contribution in [0.5, 0.6) is 5.75 Å². The van der Waals surface area contributed by atoms with E-state index in [0.717, 1.165) is 0 Å². The average Bonchev–Trinajstić information content (AvgIpc) is 3.20. The Balaban J connectivity index is 1.59. The number of ether oxygens (including phenoxy) is 1. The molecule has 2 aromatic heterocycles. The number of amides is 1. The Morgan fingerprint density at radius 3 is 2.89 bits per heavy atom. The predicted octanol–water partition coefficient (Wildman–Crippen LogP) is 3.12. The van der Waals surface area contributed by atoms with Crippen molar-refractivity contribution >= 4 is 23.5 Å². The predicted molar refractivity (Wildman–Crippen MR) is 97.0 cm³/mol. The van der Waals surface area contributed by atoms with Gasteiger partial charge in [-0.1, -0.05) is 29.1 Å². The molecular formula is C17H18FN5O3S. The highest BCUT2D eigenvalue weighted by molar-refractivity contribution is 7.99. The van der Waals surface area contributed by atoms with Crippen LogP contribution in [0, 0.1) is 12.7 Å². The van der Waals surface area contributed by atoms with Gasteiger partial charge in [-0.05, 0) is 26.0 Å². The number of benzene rings is 1.